The van der Waals surface area contributed by atoms with Gasteiger partial charge in [0.25, 0.3) is 0 Å². The fourth-order valence-corrected chi connectivity index (χ4v) is 1.58. The molecule has 1 aliphatic heterocycles. The highest BCUT2D eigenvalue weighted by Gasteiger charge is 2.43. The molecule has 0 saturated carbocycles. The molecule has 9 nitrogen and oxygen atoms in total. The van der Waals surface area contributed by atoms with Crippen LogP contribution in [0.2, 0.25) is 0 Å². The molecule has 1 saturated heterocycles. The number of rotatable bonds is 3. The Kier molecular flexibility index (Phi) is 4.41. The number of phosphoric ester groups is 1. The lowest BCUT2D eigenvalue weighted by atomic mass is 10.00. The van der Waals surface area contributed by atoms with Gasteiger partial charge in [0.2, 0.25) is 0 Å². The first-order valence-corrected chi connectivity index (χ1v) is 5.83. The van der Waals surface area contributed by atoms with E-state index in [9.17, 15) is 14.8 Å². The number of hydrogen-bond donors (Lipinski definition) is 6. The van der Waals surface area contributed by atoms with E-state index < -0.39 is 45.1 Å². The molecule has 0 aliphatic carbocycles. The molecule has 5 atom stereocenters. The molecule has 96 valence electrons. The number of aliphatic hydroxyl groups is 4. The van der Waals surface area contributed by atoms with Crippen LogP contribution in [0.3, 0.4) is 0 Å². The summed E-state index contributed by atoms with van der Waals surface area (Å²) in [4.78, 5) is 16.8. The van der Waals surface area contributed by atoms with E-state index >= 15 is 0 Å². The first-order valence-electron chi connectivity index (χ1n) is 4.30. The highest BCUT2D eigenvalue weighted by atomic mass is 31.2. The first-order chi connectivity index (χ1) is 7.22. The molecular formula is C6H13O9P. The minimum absolute atomic E-state index is 0.730. The smallest absolute Gasteiger partial charge is 0.387 e. The van der Waals surface area contributed by atoms with Crippen LogP contribution in [0, 0.1) is 0 Å². The number of hydrogen-bond acceptors (Lipinski definition) is 7. The van der Waals surface area contributed by atoms with Gasteiger partial charge in [-0.15, -0.1) is 0 Å². The van der Waals surface area contributed by atoms with Crippen molar-refractivity contribution in [3.63, 3.8) is 0 Å². The molecule has 1 heterocycles. The fourth-order valence-electron chi connectivity index (χ4n) is 1.24. The van der Waals surface area contributed by atoms with Crippen LogP contribution in [0.25, 0.3) is 0 Å². The Balaban J connectivity index is 2.57. The zero-order valence-electron chi connectivity index (χ0n) is 7.95. The van der Waals surface area contributed by atoms with Crippen molar-refractivity contribution in [2.24, 2.45) is 0 Å². The third kappa shape index (κ3) is 3.45. The minimum Gasteiger partial charge on any atom is -0.387 e. The Hall–Kier alpha value is -0.0900. The fraction of sp³-hybridized carbons (Fsp3) is 1.00. The Morgan fingerprint density at radius 3 is 2.12 bits per heavy atom. The molecule has 3 unspecified atom stereocenters. The summed E-state index contributed by atoms with van der Waals surface area (Å²) in [7, 11) is -4.73. The topological polar surface area (TPSA) is 157 Å². The van der Waals surface area contributed by atoms with Gasteiger partial charge in [0.05, 0.1) is 6.61 Å². The van der Waals surface area contributed by atoms with Gasteiger partial charge in [-0.2, -0.15) is 0 Å². The summed E-state index contributed by atoms with van der Waals surface area (Å²) >= 11 is 0. The number of ether oxygens (including phenoxy) is 1. The van der Waals surface area contributed by atoms with Gasteiger partial charge in [0.1, 0.15) is 24.4 Å². The molecule has 0 aromatic carbocycles. The third-order valence-corrected chi connectivity index (χ3v) is 2.58. The van der Waals surface area contributed by atoms with E-state index in [0.29, 0.717) is 0 Å². The van der Waals surface area contributed by atoms with Gasteiger partial charge in [0.15, 0.2) is 6.29 Å². The second-order valence-corrected chi connectivity index (χ2v) is 4.56. The summed E-state index contributed by atoms with van der Waals surface area (Å²) in [6.07, 6.45) is -8.11. The van der Waals surface area contributed by atoms with Gasteiger partial charge in [-0.25, -0.2) is 4.57 Å². The lowest BCUT2D eigenvalue weighted by Gasteiger charge is -2.38. The van der Waals surface area contributed by atoms with Crippen LogP contribution in [-0.4, -0.2) is 67.5 Å². The predicted molar refractivity (Wildman–Crippen MR) is 46.9 cm³/mol. The van der Waals surface area contributed by atoms with Crippen molar-refractivity contribution < 1.29 is 44.0 Å². The molecule has 0 radical (unpaired) electrons. The third-order valence-electron chi connectivity index (χ3n) is 2.09. The van der Waals surface area contributed by atoms with Gasteiger partial charge in [-0.3, -0.25) is 4.52 Å². The summed E-state index contributed by atoms with van der Waals surface area (Å²) < 4.78 is 19.0. The summed E-state index contributed by atoms with van der Waals surface area (Å²) in [5.41, 5.74) is 0. The number of aliphatic hydroxyl groups excluding tert-OH is 4. The van der Waals surface area contributed by atoms with Crippen molar-refractivity contribution in [2.75, 3.05) is 6.61 Å². The standard InChI is InChI=1S/C6H13O9P/c7-3-2(1-14-16(11,12)13)15-6(10)5(9)4(3)8/h2-10H,1H2,(H2,11,12,13)/t2?,3-,4?,5+,6?/m1/s1. The number of phosphoric acid groups is 1. The SMILES string of the molecule is O=P(O)(O)OCC1OC(O)[C@@H](O)C(O)[C@@H]1O. The van der Waals surface area contributed by atoms with Crippen LogP contribution in [-0.2, 0) is 13.8 Å². The minimum atomic E-state index is -4.73. The first kappa shape index (κ1) is 14.0. The normalized spacial score (nSPS) is 41.0. The molecule has 0 aromatic rings. The molecule has 1 fully saturated rings. The zero-order chi connectivity index (χ0) is 12.5. The van der Waals surface area contributed by atoms with Crippen LogP contribution >= 0.6 is 7.82 Å². The predicted octanol–water partition coefficient (Wildman–Crippen LogP) is -3.10. The maximum absolute atomic E-state index is 10.4. The molecule has 0 bridgehead atoms. The van der Waals surface area contributed by atoms with Crippen molar-refractivity contribution in [1.29, 1.82) is 0 Å². The average molecular weight is 260 g/mol. The summed E-state index contributed by atoms with van der Waals surface area (Å²) in [6.45, 7) is -0.730. The maximum Gasteiger partial charge on any atom is 0.469 e. The molecule has 0 spiro atoms. The van der Waals surface area contributed by atoms with Crippen LogP contribution in [0.4, 0.5) is 0 Å². The van der Waals surface area contributed by atoms with Gasteiger partial charge in [-0.1, -0.05) is 0 Å². The van der Waals surface area contributed by atoms with Crippen molar-refractivity contribution >= 4 is 7.82 Å². The van der Waals surface area contributed by atoms with Gasteiger partial charge in [-0.05, 0) is 0 Å². The summed E-state index contributed by atoms with van der Waals surface area (Å²) in [6, 6.07) is 0. The molecule has 1 rings (SSSR count). The Bertz CT molecular complexity index is 277. The van der Waals surface area contributed by atoms with Crippen LogP contribution in [0.1, 0.15) is 0 Å². The Morgan fingerprint density at radius 2 is 1.62 bits per heavy atom. The van der Waals surface area contributed by atoms with Crippen LogP contribution in [0.15, 0.2) is 0 Å². The maximum atomic E-state index is 10.4. The van der Waals surface area contributed by atoms with Gasteiger partial charge in [0, 0.05) is 0 Å². The second-order valence-electron chi connectivity index (χ2n) is 3.32. The lowest BCUT2D eigenvalue weighted by Crippen LogP contribution is -2.58. The molecular weight excluding hydrogens is 247 g/mol. The molecule has 0 amide bonds. The summed E-state index contributed by atoms with van der Waals surface area (Å²) in [5.74, 6) is 0. The summed E-state index contributed by atoms with van der Waals surface area (Å²) in [5, 5.41) is 36.7. The molecule has 16 heavy (non-hydrogen) atoms. The highest BCUT2D eigenvalue weighted by Crippen LogP contribution is 2.36. The Morgan fingerprint density at radius 1 is 1.06 bits per heavy atom. The van der Waals surface area contributed by atoms with E-state index in [0.717, 1.165) is 0 Å². The lowest BCUT2D eigenvalue weighted by molar-refractivity contribution is -0.285. The van der Waals surface area contributed by atoms with E-state index in [1.807, 2.05) is 0 Å². The Labute approximate surface area is 90.1 Å². The van der Waals surface area contributed by atoms with E-state index in [2.05, 4.69) is 9.26 Å². The largest absolute Gasteiger partial charge is 0.469 e. The van der Waals surface area contributed by atoms with E-state index in [1.54, 1.807) is 0 Å². The zero-order valence-corrected chi connectivity index (χ0v) is 8.84. The van der Waals surface area contributed by atoms with Gasteiger partial charge >= 0.3 is 7.82 Å². The average Bonchev–Trinajstić information content (AvgIpc) is 2.17. The van der Waals surface area contributed by atoms with Gasteiger partial charge < -0.3 is 34.9 Å². The highest BCUT2D eigenvalue weighted by molar-refractivity contribution is 7.46. The molecule has 6 N–H and O–H groups in total. The second kappa shape index (κ2) is 5.05. The van der Waals surface area contributed by atoms with E-state index in [-0.39, 0.29) is 0 Å². The monoisotopic (exact) mass is 260 g/mol. The quantitative estimate of drug-likeness (QED) is 0.289. The van der Waals surface area contributed by atoms with E-state index in [4.69, 9.17) is 20.0 Å². The van der Waals surface area contributed by atoms with Crippen molar-refractivity contribution in [2.45, 2.75) is 30.7 Å². The van der Waals surface area contributed by atoms with Crippen molar-refractivity contribution in [1.82, 2.24) is 0 Å². The van der Waals surface area contributed by atoms with E-state index in [1.165, 1.54) is 0 Å². The molecule has 1 aliphatic rings. The van der Waals surface area contributed by atoms with Crippen molar-refractivity contribution in [3.05, 3.63) is 0 Å². The molecule has 0 aromatic heterocycles. The molecule has 10 heteroatoms. The van der Waals surface area contributed by atoms with Crippen LogP contribution < -0.4 is 0 Å². The van der Waals surface area contributed by atoms with Crippen LogP contribution in [0.5, 0.6) is 0 Å². The van der Waals surface area contributed by atoms with Crippen molar-refractivity contribution in [3.8, 4) is 0 Å².